The van der Waals surface area contributed by atoms with Crippen LogP contribution in [0.3, 0.4) is 0 Å². The van der Waals surface area contributed by atoms with Crippen molar-refractivity contribution < 1.29 is 9.53 Å². The van der Waals surface area contributed by atoms with Crippen LogP contribution in [0.25, 0.3) is 0 Å². The van der Waals surface area contributed by atoms with Crippen LogP contribution in [0.2, 0.25) is 0 Å². The smallest absolute Gasteiger partial charge is 0.330 e. The molecule has 0 amide bonds. The second kappa shape index (κ2) is 1.99. The number of esters is 1. The van der Waals surface area contributed by atoms with E-state index in [0.29, 0.717) is 12.5 Å². The zero-order chi connectivity index (χ0) is 5.98. The van der Waals surface area contributed by atoms with Crippen molar-refractivity contribution in [2.75, 3.05) is 6.61 Å². The molecule has 0 bridgehead atoms. The average molecular weight is 112 g/mol. The van der Waals surface area contributed by atoms with Gasteiger partial charge in [0.05, 0.1) is 6.61 Å². The van der Waals surface area contributed by atoms with Gasteiger partial charge in [0.1, 0.15) is 0 Å². The van der Waals surface area contributed by atoms with E-state index in [1.807, 2.05) is 13.0 Å². The Labute approximate surface area is 48.1 Å². The predicted molar refractivity (Wildman–Crippen MR) is 29.3 cm³/mol. The molecular weight excluding hydrogens is 104 g/mol. The first-order valence-corrected chi connectivity index (χ1v) is 2.64. The van der Waals surface area contributed by atoms with Gasteiger partial charge in [0.25, 0.3) is 0 Å². The van der Waals surface area contributed by atoms with Crippen LogP contribution in [0, 0.1) is 5.92 Å². The van der Waals surface area contributed by atoms with Crippen LogP contribution in [-0.4, -0.2) is 12.6 Å². The first-order valence-electron chi connectivity index (χ1n) is 2.64. The summed E-state index contributed by atoms with van der Waals surface area (Å²) in [6.07, 6.45) is 3.32. The summed E-state index contributed by atoms with van der Waals surface area (Å²) >= 11 is 0. The highest BCUT2D eigenvalue weighted by atomic mass is 16.5. The lowest BCUT2D eigenvalue weighted by Crippen LogP contribution is -2.13. The Hall–Kier alpha value is -0.790. The van der Waals surface area contributed by atoms with Gasteiger partial charge in [0.15, 0.2) is 0 Å². The van der Waals surface area contributed by atoms with Crippen LogP contribution in [0.4, 0.5) is 0 Å². The van der Waals surface area contributed by atoms with Gasteiger partial charge in [-0.2, -0.15) is 0 Å². The van der Waals surface area contributed by atoms with Gasteiger partial charge >= 0.3 is 5.97 Å². The van der Waals surface area contributed by atoms with Crippen molar-refractivity contribution in [2.24, 2.45) is 5.92 Å². The quantitative estimate of drug-likeness (QED) is 0.432. The van der Waals surface area contributed by atoms with E-state index < -0.39 is 0 Å². The highest BCUT2D eigenvalue weighted by Gasteiger charge is 2.06. The maximum atomic E-state index is 10.3. The standard InChI is InChI=1S/C6H8O2/c1-5-2-3-6(7)8-4-5/h2-3,5H,4H2,1H3/t5-/m0/s1. The van der Waals surface area contributed by atoms with Gasteiger partial charge in [-0.05, 0) is 0 Å². The second-order valence-electron chi connectivity index (χ2n) is 1.97. The second-order valence-corrected chi connectivity index (χ2v) is 1.97. The summed E-state index contributed by atoms with van der Waals surface area (Å²) in [6.45, 7) is 2.54. The first-order chi connectivity index (χ1) is 3.79. The summed E-state index contributed by atoms with van der Waals surface area (Å²) in [4.78, 5) is 10.3. The van der Waals surface area contributed by atoms with Crippen LogP contribution >= 0.6 is 0 Å². The normalized spacial score (nSPS) is 27.6. The number of carbonyl (C=O) groups excluding carboxylic acids is 1. The minimum absolute atomic E-state index is 0.219. The van der Waals surface area contributed by atoms with Gasteiger partial charge in [-0.1, -0.05) is 13.0 Å². The molecule has 44 valence electrons. The zero-order valence-corrected chi connectivity index (χ0v) is 4.76. The molecule has 0 radical (unpaired) electrons. The third kappa shape index (κ3) is 1.09. The first kappa shape index (κ1) is 5.35. The van der Waals surface area contributed by atoms with Gasteiger partial charge in [-0.25, -0.2) is 4.79 Å². The Morgan fingerprint density at radius 1 is 1.88 bits per heavy atom. The molecule has 1 aliphatic rings. The van der Waals surface area contributed by atoms with E-state index in [2.05, 4.69) is 4.74 Å². The van der Waals surface area contributed by atoms with Gasteiger partial charge in [-0.15, -0.1) is 0 Å². The molecule has 8 heavy (non-hydrogen) atoms. The summed E-state index contributed by atoms with van der Waals surface area (Å²) in [5, 5.41) is 0. The molecule has 1 heterocycles. The Morgan fingerprint density at radius 3 is 3.00 bits per heavy atom. The molecule has 0 unspecified atom stereocenters. The Kier molecular flexibility index (Phi) is 1.33. The van der Waals surface area contributed by atoms with E-state index >= 15 is 0 Å². The van der Waals surface area contributed by atoms with Crippen molar-refractivity contribution >= 4 is 5.97 Å². The van der Waals surface area contributed by atoms with Crippen LogP contribution < -0.4 is 0 Å². The van der Waals surface area contributed by atoms with E-state index in [9.17, 15) is 4.79 Å². The molecule has 1 aliphatic heterocycles. The van der Waals surface area contributed by atoms with E-state index in [1.54, 1.807) is 0 Å². The van der Waals surface area contributed by atoms with E-state index in [1.165, 1.54) is 6.08 Å². The van der Waals surface area contributed by atoms with E-state index in [4.69, 9.17) is 0 Å². The number of hydrogen-bond donors (Lipinski definition) is 0. The molecule has 0 saturated carbocycles. The van der Waals surface area contributed by atoms with Crippen LogP contribution in [0.15, 0.2) is 12.2 Å². The summed E-state index contributed by atoms with van der Waals surface area (Å²) in [5.41, 5.74) is 0. The fraction of sp³-hybridized carbons (Fsp3) is 0.500. The predicted octanol–water partition coefficient (Wildman–Crippen LogP) is 0.736. The average Bonchev–Trinajstić information content (AvgIpc) is 1.77. The fourth-order valence-corrected chi connectivity index (χ4v) is 0.560. The molecule has 0 spiro atoms. The van der Waals surface area contributed by atoms with Crippen LogP contribution in [-0.2, 0) is 9.53 Å². The summed E-state index contributed by atoms with van der Waals surface area (Å²) in [7, 11) is 0. The van der Waals surface area contributed by atoms with Crippen molar-refractivity contribution in [1.82, 2.24) is 0 Å². The summed E-state index contributed by atoms with van der Waals surface area (Å²) in [5.74, 6) is 0.177. The largest absolute Gasteiger partial charge is 0.462 e. The molecule has 0 aromatic carbocycles. The maximum absolute atomic E-state index is 10.3. The molecule has 0 N–H and O–H groups in total. The third-order valence-electron chi connectivity index (χ3n) is 1.05. The van der Waals surface area contributed by atoms with Crippen LogP contribution in [0.5, 0.6) is 0 Å². The van der Waals surface area contributed by atoms with Crippen molar-refractivity contribution in [1.29, 1.82) is 0 Å². The lowest BCUT2D eigenvalue weighted by atomic mass is 10.1. The lowest BCUT2D eigenvalue weighted by Gasteiger charge is -2.10. The Balaban J connectivity index is 2.55. The number of rotatable bonds is 0. The van der Waals surface area contributed by atoms with E-state index in [0.717, 1.165) is 0 Å². The highest BCUT2D eigenvalue weighted by molar-refractivity contribution is 5.82. The maximum Gasteiger partial charge on any atom is 0.330 e. The topological polar surface area (TPSA) is 26.3 Å². The van der Waals surface area contributed by atoms with Gasteiger partial charge in [0, 0.05) is 12.0 Å². The molecule has 0 aromatic rings. The third-order valence-corrected chi connectivity index (χ3v) is 1.05. The molecule has 0 aromatic heterocycles. The minimum Gasteiger partial charge on any atom is -0.462 e. The molecule has 0 saturated heterocycles. The summed E-state index contributed by atoms with van der Waals surface area (Å²) in [6, 6.07) is 0. The molecular formula is C6H8O2. The number of ether oxygens (including phenoxy) is 1. The number of hydrogen-bond acceptors (Lipinski definition) is 2. The molecule has 2 heteroatoms. The SMILES string of the molecule is C[C@H]1C=CC(=O)OC1. The molecule has 1 rings (SSSR count). The molecule has 0 aliphatic carbocycles. The van der Waals surface area contributed by atoms with Gasteiger partial charge in [-0.3, -0.25) is 0 Å². The zero-order valence-electron chi connectivity index (χ0n) is 4.76. The van der Waals surface area contributed by atoms with Crippen molar-refractivity contribution in [3.63, 3.8) is 0 Å². The van der Waals surface area contributed by atoms with Crippen LogP contribution in [0.1, 0.15) is 6.92 Å². The number of cyclic esters (lactones) is 1. The van der Waals surface area contributed by atoms with E-state index in [-0.39, 0.29) is 5.97 Å². The Morgan fingerprint density at radius 2 is 2.62 bits per heavy atom. The fourth-order valence-electron chi connectivity index (χ4n) is 0.560. The molecule has 0 fully saturated rings. The lowest BCUT2D eigenvalue weighted by molar-refractivity contribution is -0.139. The van der Waals surface area contributed by atoms with Crippen molar-refractivity contribution in [3.8, 4) is 0 Å². The van der Waals surface area contributed by atoms with Gasteiger partial charge in [0.2, 0.25) is 0 Å². The highest BCUT2D eigenvalue weighted by Crippen LogP contribution is 2.03. The molecule has 2 nitrogen and oxygen atoms in total. The van der Waals surface area contributed by atoms with Gasteiger partial charge < -0.3 is 4.74 Å². The minimum atomic E-state index is -0.219. The monoisotopic (exact) mass is 112 g/mol. The Bertz CT molecular complexity index is 126. The van der Waals surface area contributed by atoms with Crippen molar-refractivity contribution in [3.05, 3.63) is 12.2 Å². The number of carbonyl (C=O) groups is 1. The molecule has 1 atom stereocenters. The summed E-state index contributed by atoms with van der Waals surface area (Å²) < 4.78 is 4.66. The van der Waals surface area contributed by atoms with Crippen molar-refractivity contribution in [2.45, 2.75) is 6.92 Å².